The zero-order chi connectivity index (χ0) is 12.4. The molecule has 1 aromatic carbocycles. The topological polar surface area (TPSA) is 53.7 Å². The number of rotatable bonds is 5. The molecule has 0 amide bonds. The van der Waals surface area contributed by atoms with Crippen LogP contribution in [0.1, 0.15) is 24.4 Å². The second kappa shape index (κ2) is 4.84. The van der Waals surface area contributed by atoms with Crippen molar-refractivity contribution in [3.05, 3.63) is 17.7 Å². The molecule has 1 fully saturated rings. The monoisotopic (exact) mass is 237 g/mol. The van der Waals surface area contributed by atoms with Crippen LogP contribution in [0.15, 0.2) is 12.1 Å². The van der Waals surface area contributed by atoms with Crippen LogP contribution in [0.2, 0.25) is 0 Å². The molecular weight excluding hydrogens is 218 g/mol. The lowest BCUT2D eigenvalue weighted by Crippen LogP contribution is -2.14. The average Bonchev–Trinajstić information content (AvgIpc) is 3.20. The lowest BCUT2D eigenvalue weighted by Gasteiger charge is -2.19. The van der Waals surface area contributed by atoms with E-state index in [-0.39, 0.29) is 6.04 Å². The van der Waals surface area contributed by atoms with E-state index in [0.717, 1.165) is 5.56 Å². The van der Waals surface area contributed by atoms with Crippen LogP contribution in [0.4, 0.5) is 0 Å². The van der Waals surface area contributed by atoms with E-state index in [1.165, 1.54) is 12.8 Å². The summed E-state index contributed by atoms with van der Waals surface area (Å²) in [5.41, 5.74) is 7.21. The van der Waals surface area contributed by atoms with Gasteiger partial charge in [-0.25, -0.2) is 0 Å². The van der Waals surface area contributed by atoms with Crippen molar-refractivity contribution in [3.63, 3.8) is 0 Å². The predicted octanol–water partition coefficient (Wildman–Crippen LogP) is 2.12. The molecule has 0 bridgehead atoms. The van der Waals surface area contributed by atoms with Gasteiger partial charge in [-0.1, -0.05) is 0 Å². The molecular formula is C13H19NO3. The highest BCUT2D eigenvalue weighted by Gasteiger charge is 2.32. The van der Waals surface area contributed by atoms with Crippen molar-refractivity contribution >= 4 is 0 Å². The Balaban J connectivity index is 2.44. The van der Waals surface area contributed by atoms with Crippen molar-refractivity contribution in [3.8, 4) is 17.2 Å². The fourth-order valence-electron chi connectivity index (χ4n) is 2.10. The Labute approximate surface area is 102 Å². The lowest BCUT2D eigenvalue weighted by molar-refractivity contribution is 0.320. The SMILES string of the molecule is COc1ccc([C@H](N)C2CC2)c(OC)c1OC. The second-order valence-electron chi connectivity index (χ2n) is 4.29. The molecule has 0 heterocycles. The van der Waals surface area contributed by atoms with Gasteiger partial charge in [-0.2, -0.15) is 0 Å². The van der Waals surface area contributed by atoms with E-state index in [1.807, 2.05) is 12.1 Å². The molecule has 4 nitrogen and oxygen atoms in total. The number of benzene rings is 1. The van der Waals surface area contributed by atoms with Crippen molar-refractivity contribution in [2.24, 2.45) is 11.7 Å². The Bertz CT molecular complexity index is 402. The minimum absolute atomic E-state index is 0.0183. The Kier molecular flexibility index (Phi) is 3.43. The van der Waals surface area contributed by atoms with Crippen LogP contribution in [0.25, 0.3) is 0 Å². The zero-order valence-corrected chi connectivity index (χ0v) is 10.5. The number of hydrogen-bond acceptors (Lipinski definition) is 4. The van der Waals surface area contributed by atoms with E-state index in [2.05, 4.69) is 0 Å². The van der Waals surface area contributed by atoms with Gasteiger partial charge in [-0.15, -0.1) is 0 Å². The molecule has 0 saturated heterocycles. The first kappa shape index (κ1) is 12.0. The third kappa shape index (κ3) is 2.17. The van der Waals surface area contributed by atoms with Gasteiger partial charge < -0.3 is 19.9 Å². The number of ether oxygens (including phenoxy) is 3. The maximum absolute atomic E-state index is 6.22. The molecule has 1 aliphatic carbocycles. The summed E-state index contributed by atoms with van der Waals surface area (Å²) >= 11 is 0. The highest BCUT2D eigenvalue weighted by Crippen LogP contribution is 2.47. The van der Waals surface area contributed by atoms with Crippen LogP contribution in [-0.2, 0) is 0 Å². The van der Waals surface area contributed by atoms with Crippen molar-refractivity contribution in [2.45, 2.75) is 18.9 Å². The molecule has 17 heavy (non-hydrogen) atoms. The molecule has 94 valence electrons. The third-order valence-corrected chi connectivity index (χ3v) is 3.22. The van der Waals surface area contributed by atoms with Crippen LogP contribution in [-0.4, -0.2) is 21.3 Å². The molecule has 2 N–H and O–H groups in total. The fraction of sp³-hybridized carbons (Fsp3) is 0.538. The van der Waals surface area contributed by atoms with Gasteiger partial charge in [-0.3, -0.25) is 0 Å². The molecule has 4 heteroatoms. The van der Waals surface area contributed by atoms with Gasteiger partial charge in [0, 0.05) is 11.6 Å². The average molecular weight is 237 g/mol. The summed E-state index contributed by atoms with van der Waals surface area (Å²) in [7, 11) is 4.84. The van der Waals surface area contributed by atoms with Crippen molar-refractivity contribution in [1.82, 2.24) is 0 Å². The minimum atomic E-state index is 0.0183. The first-order chi connectivity index (χ1) is 8.22. The fourth-order valence-corrected chi connectivity index (χ4v) is 2.10. The summed E-state index contributed by atoms with van der Waals surface area (Å²) in [4.78, 5) is 0. The maximum Gasteiger partial charge on any atom is 0.203 e. The number of methoxy groups -OCH3 is 3. The molecule has 1 saturated carbocycles. The standard InChI is InChI=1S/C13H19NO3/c1-15-10-7-6-9(11(14)8-4-5-8)12(16-2)13(10)17-3/h6-8,11H,4-5,14H2,1-3H3/t11-/m1/s1. The Hall–Kier alpha value is -1.42. The first-order valence-corrected chi connectivity index (χ1v) is 5.77. The molecule has 0 aliphatic heterocycles. The molecule has 1 aromatic rings. The highest BCUT2D eigenvalue weighted by atomic mass is 16.5. The van der Waals surface area contributed by atoms with Crippen LogP contribution < -0.4 is 19.9 Å². The predicted molar refractivity (Wildman–Crippen MR) is 65.8 cm³/mol. The van der Waals surface area contributed by atoms with Crippen molar-refractivity contribution in [1.29, 1.82) is 0 Å². The largest absolute Gasteiger partial charge is 0.493 e. The Morgan fingerprint density at radius 1 is 1.06 bits per heavy atom. The minimum Gasteiger partial charge on any atom is -0.493 e. The molecule has 0 radical (unpaired) electrons. The number of hydrogen-bond donors (Lipinski definition) is 1. The normalized spacial score (nSPS) is 16.5. The van der Waals surface area contributed by atoms with Crippen molar-refractivity contribution in [2.75, 3.05) is 21.3 Å². The van der Waals surface area contributed by atoms with Gasteiger partial charge in [0.2, 0.25) is 5.75 Å². The van der Waals surface area contributed by atoms with E-state index in [4.69, 9.17) is 19.9 Å². The van der Waals surface area contributed by atoms with Gasteiger partial charge in [0.25, 0.3) is 0 Å². The van der Waals surface area contributed by atoms with Gasteiger partial charge in [0.1, 0.15) is 0 Å². The van der Waals surface area contributed by atoms with Gasteiger partial charge in [-0.05, 0) is 30.9 Å². The van der Waals surface area contributed by atoms with E-state index >= 15 is 0 Å². The van der Waals surface area contributed by atoms with E-state index in [1.54, 1.807) is 21.3 Å². The smallest absolute Gasteiger partial charge is 0.203 e. The molecule has 0 unspecified atom stereocenters. The van der Waals surface area contributed by atoms with Gasteiger partial charge in [0.15, 0.2) is 11.5 Å². The van der Waals surface area contributed by atoms with Crippen molar-refractivity contribution < 1.29 is 14.2 Å². The summed E-state index contributed by atoms with van der Waals surface area (Å²) in [5, 5.41) is 0. The Morgan fingerprint density at radius 3 is 2.18 bits per heavy atom. The lowest BCUT2D eigenvalue weighted by atomic mass is 10.0. The zero-order valence-electron chi connectivity index (χ0n) is 10.5. The quantitative estimate of drug-likeness (QED) is 0.852. The van der Waals surface area contributed by atoms with E-state index < -0.39 is 0 Å². The van der Waals surface area contributed by atoms with Crippen LogP contribution in [0.3, 0.4) is 0 Å². The summed E-state index contributed by atoms with van der Waals surface area (Å²) in [6.07, 6.45) is 2.39. The summed E-state index contributed by atoms with van der Waals surface area (Å²) < 4.78 is 16.0. The second-order valence-corrected chi connectivity index (χ2v) is 4.29. The third-order valence-electron chi connectivity index (χ3n) is 3.22. The first-order valence-electron chi connectivity index (χ1n) is 5.77. The molecule has 0 aromatic heterocycles. The van der Waals surface area contributed by atoms with Crippen LogP contribution in [0, 0.1) is 5.92 Å². The summed E-state index contributed by atoms with van der Waals surface area (Å²) in [5.74, 6) is 2.54. The highest BCUT2D eigenvalue weighted by molar-refractivity contribution is 5.56. The summed E-state index contributed by atoms with van der Waals surface area (Å²) in [6.45, 7) is 0. The summed E-state index contributed by atoms with van der Waals surface area (Å²) in [6, 6.07) is 3.85. The van der Waals surface area contributed by atoms with E-state index in [9.17, 15) is 0 Å². The molecule has 1 aliphatic rings. The van der Waals surface area contributed by atoms with Gasteiger partial charge in [0.05, 0.1) is 21.3 Å². The molecule has 0 spiro atoms. The van der Waals surface area contributed by atoms with Gasteiger partial charge >= 0.3 is 0 Å². The Morgan fingerprint density at radius 2 is 1.71 bits per heavy atom. The molecule has 1 atom stereocenters. The number of nitrogens with two attached hydrogens (primary N) is 1. The maximum atomic E-state index is 6.22. The molecule has 2 rings (SSSR count). The van der Waals surface area contributed by atoms with Crippen LogP contribution >= 0.6 is 0 Å². The van der Waals surface area contributed by atoms with E-state index in [0.29, 0.717) is 23.2 Å². The van der Waals surface area contributed by atoms with Crippen LogP contribution in [0.5, 0.6) is 17.2 Å².